The number of anilines is 1. The zero-order chi connectivity index (χ0) is 10.8. The average molecular weight is 259 g/mol. The molecule has 78 valence electrons. The molecule has 2 aromatic rings. The number of halogens is 2. The maximum absolute atomic E-state index is 6.05. The van der Waals surface area contributed by atoms with E-state index >= 15 is 0 Å². The summed E-state index contributed by atoms with van der Waals surface area (Å²) in [5.41, 5.74) is 6.54. The zero-order valence-electron chi connectivity index (χ0n) is 7.71. The van der Waals surface area contributed by atoms with Crippen molar-refractivity contribution in [3.8, 4) is 0 Å². The first-order chi connectivity index (χ1) is 7.15. The topological polar surface area (TPSA) is 38.9 Å². The summed E-state index contributed by atoms with van der Waals surface area (Å²) in [6.07, 6.45) is 2.48. The van der Waals surface area contributed by atoms with Gasteiger partial charge in [0.15, 0.2) is 5.13 Å². The fraction of sp³-hybridized carbons (Fsp3) is 0.100. The smallest absolute Gasteiger partial charge is 0.180 e. The summed E-state index contributed by atoms with van der Waals surface area (Å²) >= 11 is 13.4. The summed E-state index contributed by atoms with van der Waals surface area (Å²) in [4.78, 5) is 5.07. The Hall–Kier alpha value is -0.770. The van der Waals surface area contributed by atoms with Gasteiger partial charge in [-0.15, -0.1) is 11.3 Å². The lowest BCUT2D eigenvalue weighted by atomic mass is 10.1. The Morgan fingerprint density at radius 3 is 2.80 bits per heavy atom. The van der Waals surface area contributed by atoms with Crippen molar-refractivity contribution in [3.05, 3.63) is 44.9 Å². The molecule has 0 unspecified atom stereocenters. The van der Waals surface area contributed by atoms with Crippen molar-refractivity contribution in [2.45, 2.75) is 6.42 Å². The van der Waals surface area contributed by atoms with Gasteiger partial charge < -0.3 is 5.73 Å². The first-order valence-electron chi connectivity index (χ1n) is 4.29. The normalized spacial score (nSPS) is 10.5. The van der Waals surface area contributed by atoms with Crippen molar-refractivity contribution < 1.29 is 0 Å². The molecule has 0 saturated heterocycles. The summed E-state index contributed by atoms with van der Waals surface area (Å²) in [6.45, 7) is 0. The van der Waals surface area contributed by atoms with Crippen LogP contribution in [0.2, 0.25) is 10.0 Å². The van der Waals surface area contributed by atoms with E-state index in [0.717, 1.165) is 10.4 Å². The quantitative estimate of drug-likeness (QED) is 0.894. The van der Waals surface area contributed by atoms with Crippen LogP contribution in [0.3, 0.4) is 0 Å². The predicted octanol–water partition coefficient (Wildman–Crippen LogP) is 3.62. The Labute approximate surface area is 102 Å². The molecule has 0 fully saturated rings. The van der Waals surface area contributed by atoms with Crippen LogP contribution in [0, 0.1) is 0 Å². The van der Waals surface area contributed by atoms with Crippen LogP contribution in [0.5, 0.6) is 0 Å². The summed E-state index contributed by atoms with van der Waals surface area (Å²) in [5, 5.41) is 1.97. The van der Waals surface area contributed by atoms with E-state index in [4.69, 9.17) is 28.9 Å². The van der Waals surface area contributed by atoms with Gasteiger partial charge in [-0.05, 0) is 23.8 Å². The highest BCUT2D eigenvalue weighted by molar-refractivity contribution is 7.15. The van der Waals surface area contributed by atoms with Crippen LogP contribution < -0.4 is 5.73 Å². The van der Waals surface area contributed by atoms with Crippen molar-refractivity contribution in [1.29, 1.82) is 0 Å². The van der Waals surface area contributed by atoms with E-state index in [1.54, 1.807) is 18.3 Å². The molecular formula is C10H8Cl2N2S. The maximum Gasteiger partial charge on any atom is 0.180 e. The van der Waals surface area contributed by atoms with Crippen molar-refractivity contribution >= 4 is 39.7 Å². The number of hydrogen-bond acceptors (Lipinski definition) is 3. The molecule has 0 bridgehead atoms. The second kappa shape index (κ2) is 4.39. The Kier molecular flexibility index (Phi) is 3.14. The molecule has 0 spiro atoms. The van der Waals surface area contributed by atoms with Crippen LogP contribution in [0.1, 0.15) is 10.4 Å². The molecule has 1 aromatic carbocycles. The van der Waals surface area contributed by atoms with Gasteiger partial charge in [0.05, 0.1) is 0 Å². The fourth-order valence-electron chi connectivity index (χ4n) is 1.27. The van der Waals surface area contributed by atoms with Crippen molar-refractivity contribution in [2.75, 3.05) is 5.73 Å². The largest absolute Gasteiger partial charge is 0.375 e. The molecule has 2 nitrogen and oxygen atoms in total. The molecule has 2 N–H and O–H groups in total. The highest BCUT2D eigenvalue weighted by Gasteiger charge is 2.05. The molecule has 0 amide bonds. The Bertz CT molecular complexity index is 482. The van der Waals surface area contributed by atoms with E-state index in [1.165, 1.54) is 11.3 Å². The maximum atomic E-state index is 6.05. The second-order valence-electron chi connectivity index (χ2n) is 3.08. The first-order valence-corrected chi connectivity index (χ1v) is 5.86. The van der Waals surface area contributed by atoms with Gasteiger partial charge in [0.2, 0.25) is 0 Å². The number of hydrogen-bond donors (Lipinski definition) is 1. The molecule has 0 radical (unpaired) electrons. The van der Waals surface area contributed by atoms with Gasteiger partial charge in [-0.25, -0.2) is 4.98 Å². The lowest BCUT2D eigenvalue weighted by molar-refractivity contribution is 1.22. The fourth-order valence-corrected chi connectivity index (χ4v) is 2.36. The van der Waals surface area contributed by atoms with Crippen molar-refractivity contribution in [3.63, 3.8) is 0 Å². The third-order valence-electron chi connectivity index (χ3n) is 1.94. The minimum Gasteiger partial charge on any atom is -0.375 e. The molecule has 2 rings (SSSR count). The zero-order valence-corrected chi connectivity index (χ0v) is 10.0. The average Bonchev–Trinajstić information content (AvgIpc) is 2.58. The molecule has 5 heteroatoms. The molecule has 15 heavy (non-hydrogen) atoms. The minimum atomic E-state index is 0.572. The van der Waals surface area contributed by atoms with Crippen LogP contribution in [0.4, 0.5) is 5.13 Å². The third-order valence-corrected chi connectivity index (χ3v) is 3.37. The number of nitrogens with zero attached hydrogens (tertiary/aromatic N) is 1. The monoisotopic (exact) mass is 258 g/mol. The Balaban J connectivity index is 2.27. The Morgan fingerprint density at radius 1 is 1.33 bits per heavy atom. The van der Waals surface area contributed by atoms with Gasteiger partial charge in [0, 0.05) is 27.5 Å². The molecule has 1 heterocycles. The number of benzene rings is 1. The standard InChI is InChI=1S/C10H8Cl2N2S/c11-7-1-2-9(12)6(3-7)4-8-5-14-10(13)15-8/h1-3,5H,4H2,(H2,13,14). The van der Waals surface area contributed by atoms with Gasteiger partial charge >= 0.3 is 0 Å². The third kappa shape index (κ3) is 2.62. The van der Waals surface area contributed by atoms with Gasteiger partial charge in [0.25, 0.3) is 0 Å². The van der Waals surface area contributed by atoms with E-state index in [-0.39, 0.29) is 0 Å². The van der Waals surface area contributed by atoms with Crippen LogP contribution in [-0.4, -0.2) is 4.98 Å². The van der Waals surface area contributed by atoms with Crippen molar-refractivity contribution in [1.82, 2.24) is 4.98 Å². The van der Waals surface area contributed by atoms with Gasteiger partial charge in [-0.1, -0.05) is 23.2 Å². The Morgan fingerprint density at radius 2 is 2.13 bits per heavy atom. The summed E-state index contributed by atoms with van der Waals surface area (Å²) in [6, 6.07) is 5.43. The predicted molar refractivity (Wildman–Crippen MR) is 65.8 cm³/mol. The van der Waals surface area contributed by atoms with Crippen LogP contribution in [0.15, 0.2) is 24.4 Å². The van der Waals surface area contributed by atoms with E-state index in [0.29, 0.717) is 21.6 Å². The van der Waals surface area contributed by atoms with Gasteiger partial charge in [-0.2, -0.15) is 0 Å². The van der Waals surface area contributed by atoms with Crippen LogP contribution in [-0.2, 0) is 6.42 Å². The van der Waals surface area contributed by atoms with E-state index in [9.17, 15) is 0 Å². The highest BCUT2D eigenvalue weighted by Crippen LogP contribution is 2.25. The number of nitrogens with two attached hydrogens (primary N) is 1. The number of thiazole rings is 1. The molecule has 0 atom stereocenters. The highest BCUT2D eigenvalue weighted by atomic mass is 35.5. The van der Waals surface area contributed by atoms with E-state index in [2.05, 4.69) is 4.98 Å². The minimum absolute atomic E-state index is 0.572. The number of aromatic nitrogens is 1. The van der Waals surface area contributed by atoms with Crippen LogP contribution >= 0.6 is 34.5 Å². The second-order valence-corrected chi connectivity index (χ2v) is 5.07. The lowest BCUT2D eigenvalue weighted by Gasteiger charge is -2.02. The number of nitrogen functional groups attached to an aromatic ring is 1. The lowest BCUT2D eigenvalue weighted by Crippen LogP contribution is -1.86. The first kappa shape index (κ1) is 10.7. The number of rotatable bonds is 2. The van der Waals surface area contributed by atoms with Crippen LogP contribution in [0.25, 0.3) is 0 Å². The molecule has 0 aliphatic heterocycles. The van der Waals surface area contributed by atoms with Crippen molar-refractivity contribution in [2.24, 2.45) is 0 Å². The summed E-state index contributed by atoms with van der Waals surface area (Å²) < 4.78 is 0. The van der Waals surface area contributed by atoms with E-state index in [1.807, 2.05) is 6.07 Å². The van der Waals surface area contributed by atoms with Gasteiger partial charge in [0.1, 0.15) is 0 Å². The SMILES string of the molecule is Nc1ncc(Cc2cc(Cl)ccc2Cl)s1. The van der Waals surface area contributed by atoms with Gasteiger partial charge in [-0.3, -0.25) is 0 Å². The summed E-state index contributed by atoms with van der Waals surface area (Å²) in [5.74, 6) is 0. The molecule has 0 saturated carbocycles. The summed E-state index contributed by atoms with van der Waals surface area (Å²) in [7, 11) is 0. The molecule has 0 aliphatic carbocycles. The molecule has 0 aliphatic rings. The molecular weight excluding hydrogens is 251 g/mol. The molecule has 1 aromatic heterocycles. The van der Waals surface area contributed by atoms with E-state index < -0.39 is 0 Å².